The minimum absolute atomic E-state index is 0.0707. The molecule has 29 heavy (non-hydrogen) atoms. The van der Waals surface area contributed by atoms with Gasteiger partial charge in [0.2, 0.25) is 11.8 Å². The molecule has 0 radical (unpaired) electrons. The van der Waals surface area contributed by atoms with Crippen molar-refractivity contribution < 1.29 is 28.7 Å². The van der Waals surface area contributed by atoms with Gasteiger partial charge in [0.05, 0.1) is 31.3 Å². The maximum atomic E-state index is 12.6. The number of rotatable bonds is 5. The molecule has 0 aromatic heterocycles. The molecule has 1 unspecified atom stereocenters. The van der Waals surface area contributed by atoms with E-state index in [0.717, 1.165) is 0 Å². The lowest BCUT2D eigenvalue weighted by molar-refractivity contribution is -0.122. The topological polar surface area (TPSA) is 102 Å². The Hall–Kier alpha value is -3.68. The van der Waals surface area contributed by atoms with Gasteiger partial charge in [0.1, 0.15) is 0 Å². The third-order valence-electron chi connectivity index (χ3n) is 4.65. The van der Waals surface area contributed by atoms with Gasteiger partial charge in [-0.3, -0.25) is 9.59 Å². The molecule has 1 aliphatic rings. The van der Waals surface area contributed by atoms with Crippen LogP contribution in [-0.4, -0.2) is 44.5 Å². The zero-order chi connectivity index (χ0) is 21.0. The lowest BCUT2D eigenvalue weighted by Gasteiger charge is -2.17. The summed E-state index contributed by atoms with van der Waals surface area (Å²) in [6, 6.07) is 12.8. The fourth-order valence-electron chi connectivity index (χ4n) is 3.11. The van der Waals surface area contributed by atoms with Crippen LogP contribution in [0.4, 0.5) is 11.4 Å². The molecule has 0 aliphatic carbocycles. The van der Waals surface area contributed by atoms with Crippen LogP contribution in [0.25, 0.3) is 0 Å². The van der Waals surface area contributed by atoms with Gasteiger partial charge in [0.15, 0.2) is 0 Å². The average molecular weight is 396 g/mol. The van der Waals surface area contributed by atoms with Crippen molar-refractivity contribution in [1.82, 2.24) is 0 Å². The van der Waals surface area contributed by atoms with Gasteiger partial charge in [-0.25, -0.2) is 9.59 Å². The summed E-state index contributed by atoms with van der Waals surface area (Å²) in [4.78, 5) is 49.7. The molecule has 3 rings (SSSR count). The average Bonchev–Trinajstić information content (AvgIpc) is 3.14. The first-order valence-corrected chi connectivity index (χ1v) is 8.91. The molecule has 0 spiro atoms. The zero-order valence-electron chi connectivity index (χ0n) is 16.0. The second kappa shape index (κ2) is 8.55. The van der Waals surface area contributed by atoms with Crippen LogP contribution in [0.3, 0.4) is 0 Å². The highest BCUT2D eigenvalue weighted by Crippen LogP contribution is 2.26. The van der Waals surface area contributed by atoms with Crippen LogP contribution in [0.5, 0.6) is 0 Å². The highest BCUT2D eigenvalue weighted by atomic mass is 16.5. The molecule has 1 saturated heterocycles. The molecule has 8 nitrogen and oxygen atoms in total. The van der Waals surface area contributed by atoms with Crippen molar-refractivity contribution in [3.8, 4) is 0 Å². The van der Waals surface area contributed by atoms with E-state index in [1.54, 1.807) is 42.5 Å². The molecule has 1 aliphatic heterocycles. The summed E-state index contributed by atoms with van der Waals surface area (Å²) < 4.78 is 9.33. The molecule has 2 aromatic rings. The summed E-state index contributed by atoms with van der Waals surface area (Å²) in [5.41, 5.74) is 1.75. The Kier molecular flexibility index (Phi) is 5.92. The smallest absolute Gasteiger partial charge is 0.337 e. The van der Waals surface area contributed by atoms with Gasteiger partial charge in [-0.05, 0) is 42.5 Å². The quantitative estimate of drug-likeness (QED) is 0.778. The molecule has 2 amide bonds. The molecular formula is C21H20N2O6. The standard InChI is InChI=1S/C21H20N2O6/c1-28-20(26)13-6-8-17(9-7-13)23-12-15(11-18(23)24)19(25)22-16-5-3-4-14(10-16)21(27)29-2/h3-10,15H,11-12H2,1-2H3,(H,22,25). The van der Waals surface area contributed by atoms with E-state index in [2.05, 4.69) is 14.8 Å². The number of nitrogens with zero attached hydrogens (tertiary/aromatic N) is 1. The molecule has 1 atom stereocenters. The molecule has 1 N–H and O–H groups in total. The van der Waals surface area contributed by atoms with Crippen molar-refractivity contribution in [3.63, 3.8) is 0 Å². The van der Waals surface area contributed by atoms with E-state index in [0.29, 0.717) is 22.5 Å². The SMILES string of the molecule is COC(=O)c1ccc(N2CC(C(=O)Nc3cccc(C(=O)OC)c3)CC2=O)cc1. The Morgan fingerprint density at radius 2 is 1.62 bits per heavy atom. The summed E-state index contributed by atoms with van der Waals surface area (Å²) in [6.45, 7) is 0.221. The van der Waals surface area contributed by atoms with Crippen molar-refractivity contribution in [2.24, 2.45) is 5.92 Å². The van der Waals surface area contributed by atoms with Crippen molar-refractivity contribution in [2.45, 2.75) is 6.42 Å². The molecule has 0 saturated carbocycles. The van der Waals surface area contributed by atoms with E-state index in [-0.39, 0.29) is 24.8 Å². The summed E-state index contributed by atoms with van der Waals surface area (Å²) >= 11 is 0. The highest BCUT2D eigenvalue weighted by Gasteiger charge is 2.35. The van der Waals surface area contributed by atoms with Crippen LogP contribution >= 0.6 is 0 Å². The summed E-state index contributed by atoms with van der Waals surface area (Å²) in [6.07, 6.45) is 0.0707. The van der Waals surface area contributed by atoms with Gasteiger partial charge in [-0.2, -0.15) is 0 Å². The maximum Gasteiger partial charge on any atom is 0.337 e. The van der Waals surface area contributed by atoms with Gasteiger partial charge in [0, 0.05) is 24.3 Å². The van der Waals surface area contributed by atoms with E-state index in [9.17, 15) is 19.2 Å². The number of anilines is 2. The summed E-state index contributed by atoms with van der Waals surface area (Å²) in [7, 11) is 2.58. The molecule has 150 valence electrons. The predicted molar refractivity (Wildman–Crippen MR) is 105 cm³/mol. The largest absolute Gasteiger partial charge is 0.465 e. The first-order valence-electron chi connectivity index (χ1n) is 8.91. The highest BCUT2D eigenvalue weighted by molar-refractivity contribution is 6.04. The van der Waals surface area contributed by atoms with Crippen molar-refractivity contribution in [2.75, 3.05) is 31.0 Å². The summed E-state index contributed by atoms with van der Waals surface area (Å²) in [5, 5.41) is 2.74. The molecule has 8 heteroatoms. The number of amides is 2. The minimum Gasteiger partial charge on any atom is -0.465 e. The number of nitrogens with one attached hydrogen (secondary N) is 1. The fourth-order valence-corrected chi connectivity index (χ4v) is 3.11. The first kappa shape index (κ1) is 20.1. The van der Waals surface area contributed by atoms with Crippen LogP contribution in [0.1, 0.15) is 27.1 Å². The molecule has 2 aromatic carbocycles. The lowest BCUT2D eigenvalue weighted by Crippen LogP contribution is -2.28. The number of esters is 2. The van der Waals surface area contributed by atoms with E-state index < -0.39 is 17.9 Å². The second-order valence-electron chi connectivity index (χ2n) is 6.51. The van der Waals surface area contributed by atoms with E-state index in [1.165, 1.54) is 25.2 Å². The van der Waals surface area contributed by atoms with Gasteiger partial charge in [-0.15, -0.1) is 0 Å². The number of ether oxygens (including phenoxy) is 2. The number of carbonyl (C=O) groups is 4. The Bertz CT molecular complexity index is 954. The van der Waals surface area contributed by atoms with Gasteiger partial charge in [0.25, 0.3) is 0 Å². The second-order valence-corrected chi connectivity index (χ2v) is 6.51. The van der Waals surface area contributed by atoms with E-state index in [4.69, 9.17) is 0 Å². The molecule has 1 fully saturated rings. The van der Waals surface area contributed by atoms with Crippen LogP contribution in [0.2, 0.25) is 0 Å². The Morgan fingerprint density at radius 3 is 2.28 bits per heavy atom. The van der Waals surface area contributed by atoms with Crippen molar-refractivity contribution >= 4 is 35.1 Å². The molecular weight excluding hydrogens is 376 g/mol. The third-order valence-corrected chi connectivity index (χ3v) is 4.65. The number of carbonyl (C=O) groups excluding carboxylic acids is 4. The lowest BCUT2D eigenvalue weighted by atomic mass is 10.1. The molecule has 1 heterocycles. The fraction of sp³-hybridized carbons (Fsp3) is 0.238. The monoisotopic (exact) mass is 396 g/mol. The third kappa shape index (κ3) is 4.43. The van der Waals surface area contributed by atoms with Crippen LogP contribution in [0, 0.1) is 5.92 Å². The van der Waals surface area contributed by atoms with Gasteiger partial charge < -0.3 is 19.7 Å². The number of benzene rings is 2. The number of hydrogen-bond donors (Lipinski definition) is 1. The molecule has 0 bridgehead atoms. The maximum absolute atomic E-state index is 12.6. The number of hydrogen-bond acceptors (Lipinski definition) is 6. The van der Waals surface area contributed by atoms with Crippen LogP contribution < -0.4 is 10.2 Å². The van der Waals surface area contributed by atoms with Gasteiger partial charge >= 0.3 is 11.9 Å². The van der Waals surface area contributed by atoms with Crippen LogP contribution in [-0.2, 0) is 19.1 Å². The van der Waals surface area contributed by atoms with Crippen molar-refractivity contribution in [1.29, 1.82) is 0 Å². The normalized spacial score (nSPS) is 15.7. The first-order chi connectivity index (χ1) is 13.9. The van der Waals surface area contributed by atoms with Crippen LogP contribution in [0.15, 0.2) is 48.5 Å². The van der Waals surface area contributed by atoms with E-state index >= 15 is 0 Å². The Balaban J connectivity index is 1.67. The predicted octanol–water partition coefficient (Wildman–Crippen LogP) is 2.25. The minimum atomic E-state index is -0.537. The number of methoxy groups -OCH3 is 2. The van der Waals surface area contributed by atoms with E-state index in [1.807, 2.05) is 0 Å². The Morgan fingerprint density at radius 1 is 0.966 bits per heavy atom. The zero-order valence-corrected chi connectivity index (χ0v) is 16.0. The Labute approximate surface area is 167 Å². The van der Waals surface area contributed by atoms with Gasteiger partial charge in [-0.1, -0.05) is 6.07 Å². The van der Waals surface area contributed by atoms with Crippen molar-refractivity contribution in [3.05, 3.63) is 59.7 Å². The summed E-state index contributed by atoms with van der Waals surface area (Å²) in [5.74, 6) is -1.99.